The van der Waals surface area contributed by atoms with Crippen LogP contribution in [0.2, 0.25) is 5.02 Å². The minimum atomic E-state index is 0.571. The first-order valence-electron chi connectivity index (χ1n) is 11.5. The molecule has 1 saturated carbocycles. The van der Waals surface area contributed by atoms with E-state index < -0.39 is 0 Å². The Labute approximate surface area is 181 Å². The highest BCUT2D eigenvalue weighted by atomic mass is 35.5. The SMILES string of the molecule is CN1CCC(c2ncc(Cl)cc2N2CCN(C3CCC4(C3)CN(C)C4)CC2)CC1. The molecular weight excluding hydrogens is 382 g/mol. The van der Waals surface area contributed by atoms with Gasteiger partial charge in [0, 0.05) is 57.4 Å². The standard InChI is InChI=1S/C23H36ClN5/c1-26-7-4-18(5-8-26)22-21(13-19(24)15-25-22)29-11-9-28(10-12-29)20-3-6-23(14-20)16-27(2)17-23/h13,15,18,20H,3-12,14,16-17H2,1-2H3. The Morgan fingerprint density at radius 2 is 1.69 bits per heavy atom. The summed E-state index contributed by atoms with van der Waals surface area (Å²) in [4.78, 5) is 15.1. The van der Waals surface area contributed by atoms with Crippen molar-refractivity contribution in [3.8, 4) is 0 Å². The molecule has 1 aromatic rings. The molecule has 0 bridgehead atoms. The second-order valence-corrected chi connectivity index (χ2v) is 10.7. The number of likely N-dealkylation sites (tertiary alicyclic amines) is 2. The van der Waals surface area contributed by atoms with Gasteiger partial charge in [-0.2, -0.15) is 0 Å². The zero-order valence-corrected chi connectivity index (χ0v) is 18.9. The highest BCUT2D eigenvalue weighted by molar-refractivity contribution is 6.30. The number of rotatable bonds is 3. The van der Waals surface area contributed by atoms with Crippen LogP contribution in [-0.2, 0) is 0 Å². The Balaban J connectivity index is 1.23. The third-order valence-corrected chi connectivity index (χ3v) is 8.23. The fraction of sp³-hybridized carbons (Fsp3) is 0.783. The highest BCUT2D eigenvalue weighted by Gasteiger charge is 2.48. The number of anilines is 1. The topological polar surface area (TPSA) is 25.9 Å². The molecule has 1 aliphatic carbocycles. The van der Waals surface area contributed by atoms with Crippen molar-refractivity contribution in [2.75, 3.05) is 71.4 Å². The Morgan fingerprint density at radius 3 is 2.38 bits per heavy atom. The molecule has 5 nitrogen and oxygen atoms in total. The lowest BCUT2D eigenvalue weighted by molar-refractivity contribution is 0.0204. The summed E-state index contributed by atoms with van der Waals surface area (Å²) >= 11 is 6.38. The smallest absolute Gasteiger partial charge is 0.0669 e. The maximum atomic E-state index is 6.38. The summed E-state index contributed by atoms with van der Waals surface area (Å²) in [7, 11) is 4.48. The van der Waals surface area contributed by atoms with Gasteiger partial charge in [0.15, 0.2) is 0 Å². The van der Waals surface area contributed by atoms with Crippen LogP contribution < -0.4 is 4.90 Å². The van der Waals surface area contributed by atoms with E-state index in [1.807, 2.05) is 6.20 Å². The van der Waals surface area contributed by atoms with Crippen molar-refractivity contribution in [3.63, 3.8) is 0 Å². The van der Waals surface area contributed by atoms with E-state index in [-0.39, 0.29) is 0 Å². The average Bonchev–Trinajstić information content (AvgIpc) is 3.14. The molecule has 5 rings (SSSR count). The largest absolute Gasteiger partial charge is 0.367 e. The molecule has 1 unspecified atom stereocenters. The molecule has 4 fully saturated rings. The van der Waals surface area contributed by atoms with Crippen LogP contribution in [-0.4, -0.2) is 92.2 Å². The summed E-state index contributed by atoms with van der Waals surface area (Å²) in [6, 6.07) is 2.98. The van der Waals surface area contributed by atoms with Gasteiger partial charge in [-0.05, 0) is 70.8 Å². The van der Waals surface area contributed by atoms with E-state index in [1.54, 1.807) is 0 Å². The van der Waals surface area contributed by atoms with Gasteiger partial charge in [0.05, 0.1) is 16.4 Å². The molecule has 0 amide bonds. The van der Waals surface area contributed by atoms with Crippen molar-refractivity contribution in [1.29, 1.82) is 0 Å². The van der Waals surface area contributed by atoms with E-state index in [1.165, 1.54) is 82.8 Å². The molecule has 4 aliphatic rings. The number of halogens is 1. The van der Waals surface area contributed by atoms with Gasteiger partial charge in [-0.15, -0.1) is 0 Å². The second-order valence-electron chi connectivity index (χ2n) is 10.2. The van der Waals surface area contributed by atoms with Gasteiger partial charge in [0.1, 0.15) is 0 Å². The molecule has 29 heavy (non-hydrogen) atoms. The molecule has 160 valence electrons. The van der Waals surface area contributed by atoms with Crippen LogP contribution >= 0.6 is 11.6 Å². The van der Waals surface area contributed by atoms with Crippen molar-refractivity contribution < 1.29 is 0 Å². The fourth-order valence-electron chi connectivity index (χ4n) is 6.49. The van der Waals surface area contributed by atoms with Gasteiger partial charge in [-0.25, -0.2) is 0 Å². The number of hydrogen-bond acceptors (Lipinski definition) is 5. The molecule has 0 aromatic carbocycles. The number of pyridine rings is 1. The van der Waals surface area contributed by atoms with Gasteiger partial charge >= 0.3 is 0 Å². The molecule has 1 atom stereocenters. The maximum absolute atomic E-state index is 6.38. The number of piperazine rings is 1. The molecule has 1 aromatic heterocycles. The predicted molar refractivity (Wildman–Crippen MR) is 120 cm³/mol. The highest BCUT2D eigenvalue weighted by Crippen LogP contribution is 2.46. The second kappa shape index (κ2) is 7.99. The fourth-order valence-corrected chi connectivity index (χ4v) is 6.64. The van der Waals surface area contributed by atoms with Crippen LogP contribution in [0.4, 0.5) is 5.69 Å². The Bertz CT molecular complexity index is 718. The predicted octanol–water partition coefficient (Wildman–Crippen LogP) is 3.15. The lowest BCUT2D eigenvalue weighted by Gasteiger charge is -2.47. The summed E-state index contributed by atoms with van der Waals surface area (Å²) in [6.07, 6.45) is 8.50. The van der Waals surface area contributed by atoms with Gasteiger partial charge in [0.2, 0.25) is 0 Å². The first-order valence-corrected chi connectivity index (χ1v) is 11.9. The van der Waals surface area contributed by atoms with E-state index in [0.717, 1.165) is 24.2 Å². The molecule has 3 aliphatic heterocycles. The Kier molecular flexibility index (Phi) is 5.52. The van der Waals surface area contributed by atoms with Crippen LogP contribution in [0, 0.1) is 5.41 Å². The molecule has 6 heteroatoms. The van der Waals surface area contributed by atoms with Crippen molar-refractivity contribution in [2.24, 2.45) is 5.41 Å². The summed E-state index contributed by atoms with van der Waals surface area (Å²) in [5, 5.41) is 0.769. The van der Waals surface area contributed by atoms with E-state index in [9.17, 15) is 0 Å². The van der Waals surface area contributed by atoms with Crippen molar-refractivity contribution in [2.45, 2.75) is 44.1 Å². The van der Waals surface area contributed by atoms with Crippen molar-refractivity contribution in [1.82, 2.24) is 19.7 Å². The number of hydrogen-bond donors (Lipinski definition) is 0. The lowest BCUT2D eigenvalue weighted by Crippen LogP contribution is -2.54. The van der Waals surface area contributed by atoms with Gasteiger partial charge in [-0.3, -0.25) is 9.88 Å². The third kappa shape index (κ3) is 4.04. The molecule has 4 heterocycles. The number of aromatic nitrogens is 1. The van der Waals surface area contributed by atoms with Crippen LogP contribution in [0.1, 0.15) is 43.7 Å². The zero-order valence-electron chi connectivity index (χ0n) is 18.1. The lowest BCUT2D eigenvalue weighted by atomic mass is 9.78. The zero-order chi connectivity index (χ0) is 20.0. The average molecular weight is 418 g/mol. The monoisotopic (exact) mass is 417 g/mol. The third-order valence-electron chi connectivity index (χ3n) is 8.03. The summed E-state index contributed by atoms with van der Waals surface area (Å²) < 4.78 is 0. The Morgan fingerprint density at radius 1 is 0.966 bits per heavy atom. The van der Waals surface area contributed by atoms with E-state index in [4.69, 9.17) is 16.6 Å². The Hall–Kier alpha value is -0.880. The first kappa shape index (κ1) is 20.0. The van der Waals surface area contributed by atoms with Crippen LogP contribution in [0.25, 0.3) is 0 Å². The van der Waals surface area contributed by atoms with E-state index in [0.29, 0.717) is 11.3 Å². The minimum absolute atomic E-state index is 0.571. The van der Waals surface area contributed by atoms with Gasteiger partial charge in [0.25, 0.3) is 0 Å². The molecule has 0 radical (unpaired) electrons. The molecule has 3 saturated heterocycles. The van der Waals surface area contributed by atoms with Gasteiger partial charge < -0.3 is 14.7 Å². The quantitative estimate of drug-likeness (QED) is 0.752. The first-order chi connectivity index (χ1) is 14.0. The van der Waals surface area contributed by atoms with Gasteiger partial charge in [-0.1, -0.05) is 11.6 Å². The number of nitrogens with zero attached hydrogens (tertiary/aromatic N) is 5. The molecule has 0 N–H and O–H groups in total. The van der Waals surface area contributed by atoms with E-state index in [2.05, 4.69) is 39.8 Å². The maximum Gasteiger partial charge on any atom is 0.0669 e. The summed E-state index contributed by atoms with van der Waals surface area (Å²) in [6.45, 7) is 9.53. The molecule has 1 spiro atoms. The van der Waals surface area contributed by atoms with E-state index >= 15 is 0 Å². The molecular formula is C23H36ClN5. The normalized spacial score (nSPS) is 29.5. The van der Waals surface area contributed by atoms with Crippen LogP contribution in [0.15, 0.2) is 12.3 Å². The summed E-state index contributed by atoms with van der Waals surface area (Å²) in [5.74, 6) is 0.571. The number of piperidine rings is 1. The minimum Gasteiger partial charge on any atom is -0.367 e. The van der Waals surface area contributed by atoms with Crippen LogP contribution in [0.3, 0.4) is 0 Å². The van der Waals surface area contributed by atoms with Crippen molar-refractivity contribution >= 4 is 17.3 Å². The van der Waals surface area contributed by atoms with Crippen LogP contribution in [0.5, 0.6) is 0 Å². The summed E-state index contributed by atoms with van der Waals surface area (Å²) in [5.41, 5.74) is 3.23. The van der Waals surface area contributed by atoms with Crippen molar-refractivity contribution in [3.05, 3.63) is 23.0 Å².